The van der Waals surface area contributed by atoms with Gasteiger partial charge in [-0.1, -0.05) is 35.2 Å². The first kappa shape index (κ1) is 10.9. The zero-order chi connectivity index (χ0) is 10.8. The average Bonchev–Trinajstić information content (AvgIpc) is 2.25. The van der Waals surface area contributed by atoms with Crippen LogP contribution in [0.3, 0.4) is 0 Å². The lowest BCUT2D eigenvalue weighted by molar-refractivity contribution is -0.121. The molecule has 0 aromatic heterocycles. The summed E-state index contributed by atoms with van der Waals surface area (Å²) in [7, 11) is 0. The van der Waals surface area contributed by atoms with E-state index in [1.807, 2.05) is 0 Å². The van der Waals surface area contributed by atoms with Crippen molar-refractivity contribution in [1.82, 2.24) is 10.2 Å². The monoisotopic (exact) mass is 274 g/mol. The summed E-state index contributed by atoms with van der Waals surface area (Å²) >= 11 is 3.28. The second kappa shape index (κ2) is 4.51. The number of carbonyl (C=O) groups is 2. The Kier molecular flexibility index (Phi) is 3.29. The zero-order valence-electron chi connectivity index (χ0n) is 8.54. The Morgan fingerprint density at radius 2 is 1.87 bits per heavy atom. The fraction of sp³-hybridized carbons (Fsp3) is 0.800. The molecule has 0 spiro atoms. The molecule has 1 aliphatic heterocycles. The van der Waals surface area contributed by atoms with Crippen LogP contribution in [0.2, 0.25) is 0 Å². The van der Waals surface area contributed by atoms with E-state index in [-0.39, 0.29) is 16.8 Å². The van der Waals surface area contributed by atoms with E-state index in [2.05, 4.69) is 21.2 Å². The average molecular weight is 275 g/mol. The Morgan fingerprint density at radius 3 is 2.53 bits per heavy atom. The van der Waals surface area contributed by atoms with Gasteiger partial charge in [0.15, 0.2) is 0 Å². The van der Waals surface area contributed by atoms with Crippen molar-refractivity contribution in [2.45, 2.75) is 43.0 Å². The maximum atomic E-state index is 11.6. The van der Waals surface area contributed by atoms with Crippen molar-refractivity contribution in [1.29, 1.82) is 0 Å². The van der Waals surface area contributed by atoms with E-state index in [1.165, 1.54) is 19.3 Å². The standard InChI is InChI=1S/C10H15BrN2O2/c11-8-6-13(10(15)12-9(8)14)7-4-2-1-3-5-7/h7-8H,1-6H2,(H,12,14,15)/t8-/m1/s1. The molecular formula is C10H15BrN2O2. The van der Waals surface area contributed by atoms with Crippen LogP contribution in [0.5, 0.6) is 0 Å². The Labute approximate surface area is 97.5 Å². The molecule has 0 aromatic carbocycles. The quantitative estimate of drug-likeness (QED) is 0.739. The third-order valence-electron chi connectivity index (χ3n) is 3.15. The van der Waals surface area contributed by atoms with E-state index in [4.69, 9.17) is 0 Å². The molecule has 0 aromatic rings. The van der Waals surface area contributed by atoms with Crippen molar-refractivity contribution in [2.75, 3.05) is 6.54 Å². The highest BCUT2D eigenvalue weighted by atomic mass is 79.9. The summed E-state index contributed by atoms with van der Waals surface area (Å²) in [6.45, 7) is 0.509. The Morgan fingerprint density at radius 1 is 1.20 bits per heavy atom. The van der Waals surface area contributed by atoms with Crippen LogP contribution in [0.25, 0.3) is 0 Å². The largest absolute Gasteiger partial charge is 0.324 e. The third kappa shape index (κ3) is 2.33. The van der Waals surface area contributed by atoms with Gasteiger partial charge >= 0.3 is 6.03 Å². The maximum absolute atomic E-state index is 11.6. The number of nitrogens with zero attached hydrogens (tertiary/aromatic N) is 1. The number of urea groups is 1. The van der Waals surface area contributed by atoms with Crippen molar-refractivity contribution < 1.29 is 9.59 Å². The van der Waals surface area contributed by atoms with Gasteiger partial charge in [0.05, 0.1) is 0 Å². The number of nitrogens with one attached hydrogen (secondary N) is 1. The molecule has 0 unspecified atom stereocenters. The first-order valence-electron chi connectivity index (χ1n) is 5.44. The highest BCUT2D eigenvalue weighted by molar-refractivity contribution is 9.10. The van der Waals surface area contributed by atoms with Gasteiger partial charge in [-0.3, -0.25) is 10.1 Å². The van der Waals surface area contributed by atoms with Gasteiger partial charge in [-0.05, 0) is 12.8 Å². The van der Waals surface area contributed by atoms with Crippen LogP contribution in [0.1, 0.15) is 32.1 Å². The van der Waals surface area contributed by atoms with E-state index < -0.39 is 0 Å². The normalized spacial score (nSPS) is 29.1. The van der Waals surface area contributed by atoms with Crippen molar-refractivity contribution in [3.8, 4) is 0 Å². The SMILES string of the molecule is O=C1NC(=O)N(C2CCCCC2)C[C@H]1Br. The summed E-state index contributed by atoms with van der Waals surface area (Å²) in [4.78, 5) is 24.4. The topological polar surface area (TPSA) is 49.4 Å². The molecule has 1 saturated carbocycles. The molecule has 4 nitrogen and oxygen atoms in total. The van der Waals surface area contributed by atoms with Crippen molar-refractivity contribution >= 4 is 27.9 Å². The van der Waals surface area contributed by atoms with Gasteiger partial charge in [0.1, 0.15) is 4.83 Å². The second-order valence-corrected chi connectivity index (χ2v) is 5.31. The minimum Gasteiger partial charge on any atom is -0.320 e. The van der Waals surface area contributed by atoms with Gasteiger partial charge in [-0.15, -0.1) is 0 Å². The van der Waals surface area contributed by atoms with Crippen LogP contribution in [0.15, 0.2) is 0 Å². The van der Waals surface area contributed by atoms with E-state index in [0.717, 1.165) is 12.8 Å². The molecule has 1 saturated heterocycles. The summed E-state index contributed by atoms with van der Waals surface area (Å²) in [6.07, 6.45) is 5.79. The van der Waals surface area contributed by atoms with E-state index in [9.17, 15) is 9.59 Å². The number of alkyl halides is 1. The highest BCUT2D eigenvalue weighted by Gasteiger charge is 2.34. The molecule has 3 amide bonds. The molecule has 2 aliphatic rings. The smallest absolute Gasteiger partial charge is 0.320 e. The molecule has 84 valence electrons. The van der Waals surface area contributed by atoms with Crippen LogP contribution in [0.4, 0.5) is 4.79 Å². The van der Waals surface area contributed by atoms with Gasteiger partial charge in [0, 0.05) is 12.6 Å². The van der Waals surface area contributed by atoms with Gasteiger partial charge in [-0.2, -0.15) is 0 Å². The minimum atomic E-state index is -0.253. The molecule has 1 aliphatic carbocycles. The lowest BCUT2D eigenvalue weighted by Crippen LogP contribution is -2.58. The van der Waals surface area contributed by atoms with Crippen molar-refractivity contribution in [2.24, 2.45) is 0 Å². The first-order chi connectivity index (χ1) is 7.18. The Balaban J connectivity index is 2.01. The van der Waals surface area contributed by atoms with E-state index >= 15 is 0 Å². The second-order valence-electron chi connectivity index (χ2n) is 4.21. The zero-order valence-corrected chi connectivity index (χ0v) is 10.1. The number of imide groups is 1. The minimum absolute atomic E-state index is 0.216. The van der Waals surface area contributed by atoms with Crippen molar-refractivity contribution in [3.63, 3.8) is 0 Å². The number of halogens is 1. The lowest BCUT2D eigenvalue weighted by atomic mass is 9.94. The van der Waals surface area contributed by atoms with Crippen molar-refractivity contribution in [3.05, 3.63) is 0 Å². The lowest BCUT2D eigenvalue weighted by Gasteiger charge is -2.37. The summed E-state index contributed by atoms with van der Waals surface area (Å²) in [5, 5.41) is 2.38. The molecule has 1 atom stereocenters. The predicted octanol–water partition coefficient (Wildman–Crippen LogP) is 1.63. The Hall–Kier alpha value is -0.580. The molecule has 0 radical (unpaired) electrons. The number of amides is 3. The number of rotatable bonds is 1. The number of hydrogen-bond acceptors (Lipinski definition) is 2. The van der Waals surface area contributed by atoms with Gasteiger partial charge in [0.2, 0.25) is 5.91 Å². The number of hydrogen-bond donors (Lipinski definition) is 1. The van der Waals surface area contributed by atoms with E-state index in [1.54, 1.807) is 4.90 Å². The first-order valence-corrected chi connectivity index (χ1v) is 6.35. The van der Waals surface area contributed by atoms with Crippen LogP contribution in [-0.4, -0.2) is 34.3 Å². The molecule has 15 heavy (non-hydrogen) atoms. The fourth-order valence-corrected chi connectivity index (χ4v) is 2.73. The van der Waals surface area contributed by atoms with Crippen LogP contribution < -0.4 is 5.32 Å². The van der Waals surface area contributed by atoms with Gasteiger partial charge in [-0.25, -0.2) is 4.79 Å². The molecule has 5 heteroatoms. The van der Waals surface area contributed by atoms with Crippen LogP contribution >= 0.6 is 15.9 Å². The molecule has 2 fully saturated rings. The summed E-state index contributed by atoms with van der Waals surface area (Å²) < 4.78 is 0. The maximum Gasteiger partial charge on any atom is 0.324 e. The molecule has 2 rings (SSSR count). The highest BCUT2D eigenvalue weighted by Crippen LogP contribution is 2.24. The van der Waals surface area contributed by atoms with Crippen LogP contribution in [0, 0.1) is 0 Å². The van der Waals surface area contributed by atoms with Gasteiger partial charge < -0.3 is 4.90 Å². The summed E-state index contributed by atoms with van der Waals surface area (Å²) in [5.41, 5.74) is 0. The molecular weight excluding hydrogens is 260 g/mol. The van der Waals surface area contributed by atoms with Gasteiger partial charge in [0.25, 0.3) is 0 Å². The molecule has 0 bridgehead atoms. The molecule has 1 heterocycles. The number of carbonyl (C=O) groups excluding carboxylic acids is 2. The van der Waals surface area contributed by atoms with E-state index in [0.29, 0.717) is 12.6 Å². The Bertz CT molecular complexity index is 277. The predicted molar refractivity (Wildman–Crippen MR) is 59.8 cm³/mol. The third-order valence-corrected chi connectivity index (χ3v) is 3.85. The summed E-state index contributed by atoms with van der Waals surface area (Å²) in [5.74, 6) is -0.216. The fourth-order valence-electron chi connectivity index (χ4n) is 2.30. The molecule has 1 N–H and O–H groups in total. The summed E-state index contributed by atoms with van der Waals surface area (Å²) in [6, 6.07) is 0.106. The van der Waals surface area contributed by atoms with Crippen LogP contribution in [-0.2, 0) is 4.79 Å².